The normalized spacial score (nSPS) is 12.4. The Kier molecular flexibility index (Phi) is 5.42. The van der Waals surface area contributed by atoms with Gasteiger partial charge in [0.1, 0.15) is 6.04 Å². The first-order chi connectivity index (χ1) is 8.13. The quantitative estimate of drug-likeness (QED) is 0.778. The van der Waals surface area contributed by atoms with Crippen LogP contribution in [0.5, 0.6) is 0 Å². The summed E-state index contributed by atoms with van der Waals surface area (Å²) in [6.45, 7) is 4.05. The highest BCUT2D eigenvalue weighted by Gasteiger charge is 2.12. The molecule has 4 nitrogen and oxygen atoms in total. The molecule has 1 aromatic rings. The van der Waals surface area contributed by atoms with Gasteiger partial charge in [0.2, 0.25) is 11.8 Å². The lowest BCUT2D eigenvalue weighted by Crippen LogP contribution is -2.44. The van der Waals surface area contributed by atoms with Crippen molar-refractivity contribution < 1.29 is 9.59 Å². The molecule has 2 N–H and O–H groups in total. The molecule has 2 amide bonds. The van der Waals surface area contributed by atoms with E-state index in [2.05, 4.69) is 10.6 Å². The van der Waals surface area contributed by atoms with Gasteiger partial charge >= 0.3 is 0 Å². The Bertz CT molecular complexity index is 399. The van der Waals surface area contributed by atoms with Gasteiger partial charge in [0.05, 0.1) is 0 Å². The Morgan fingerprint density at radius 2 is 2.29 bits per heavy atom. The van der Waals surface area contributed by atoms with E-state index >= 15 is 0 Å². The molecule has 0 fully saturated rings. The zero-order valence-electron chi connectivity index (χ0n) is 9.90. The van der Waals surface area contributed by atoms with Crippen molar-refractivity contribution >= 4 is 29.2 Å². The molecule has 0 radical (unpaired) electrons. The molecule has 0 aliphatic heterocycles. The van der Waals surface area contributed by atoms with Crippen LogP contribution in [-0.4, -0.2) is 24.4 Å². The van der Waals surface area contributed by atoms with E-state index in [-0.39, 0.29) is 11.8 Å². The van der Waals surface area contributed by atoms with Crippen LogP contribution in [0, 0.1) is 0 Å². The van der Waals surface area contributed by atoms with Crippen molar-refractivity contribution in [1.82, 2.24) is 10.6 Å². The maximum Gasteiger partial charge on any atom is 0.244 e. The number of thiophene rings is 1. The van der Waals surface area contributed by atoms with Gasteiger partial charge < -0.3 is 10.6 Å². The van der Waals surface area contributed by atoms with E-state index in [1.165, 1.54) is 6.08 Å². The van der Waals surface area contributed by atoms with Crippen LogP contribution in [0.4, 0.5) is 0 Å². The van der Waals surface area contributed by atoms with E-state index in [1.807, 2.05) is 24.4 Å². The first-order valence-corrected chi connectivity index (χ1v) is 6.31. The number of hydrogen-bond donors (Lipinski definition) is 2. The smallest absolute Gasteiger partial charge is 0.244 e. The van der Waals surface area contributed by atoms with Gasteiger partial charge in [-0.3, -0.25) is 9.59 Å². The lowest BCUT2D eigenvalue weighted by atomic mass is 10.3. The number of carbonyl (C=O) groups is 2. The molecule has 0 bridgehead atoms. The zero-order valence-corrected chi connectivity index (χ0v) is 10.7. The average Bonchev–Trinajstić information content (AvgIpc) is 2.79. The van der Waals surface area contributed by atoms with E-state index in [0.717, 1.165) is 4.88 Å². The summed E-state index contributed by atoms with van der Waals surface area (Å²) in [5.74, 6) is -0.442. The minimum Gasteiger partial charge on any atom is -0.355 e. The largest absolute Gasteiger partial charge is 0.355 e. The van der Waals surface area contributed by atoms with Crippen LogP contribution >= 0.6 is 11.3 Å². The maximum absolute atomic E-state index is 11.5. The zero-order chi connectivity index (χ0) is 12.7. The van der Waals surface area contributed by atoms with Crippen molar-refractivity contribution in [2.24, 2.45) is 0 Å². The summed E-state index contributed by atoms with van der Waals surface area (Å²) in [6.07, 6.45) is 3.16. The van der Waals surface area contributed by atoms with E-state index in [9.17, 15) is 9.59 Å². The van der Waals surface area contributed by atoms with Crippen LogP contribution in [0.15, 0.2) is 23.6 Å². The first-order valence-electron chi connectivity index (χ1n) is 5.43. The lowest BCUT2D eigenvalue weighted by Gasteiger charge is -2.11. The maximum atomic E-state index is 11.5. The lowest BCUT2D eigenvalue weighted by molar-refractivity contribution is -0.126. The number of carbonyl (C=O) groups excluding carboxylic acids is 2. The van der Waals surface area contributed by atoms with Crippen LogP contribution in [-0.2, 0) is 9.59 Å². The van der Waals surface area contributed by atoms with E-state index in [1.54, 1.807) is 24.3 Å². The Morgan fingerprint density at radius 3 is 2.88 bits per heavy atom. The first kappa shape index (κ1) is 13.4. The predicted octanol–water partition coefficient (Wildman–Crippen LogP) is 1.40. The number of rotatable bonds is 5. The summed E-state index contributed by atoms with van der Waals surface area (Å²) >= 11 is 1.55. The summed E-state index contributed by atoms with van der Waals surface area (Å²) in [4.78, 5) is 23.9. The molecule has 0 saturated carbocycles. The fourth-order valence-electron chi connectivity index (χ4n) is 1.20. The van der Waals surface area contributed by atoms with Gasteiger partial charge in [-0.2, -0.15) is 0 Å². The third-order valence-corrected chi connectivity index (χ3v) is 2.88. The van der Waals surface area contributed by atoms with Crippen LogP contribution in [0.1, 0.15) is 18.7 Å². The molecule has 0 aromatic carbocycles. The minimum atomic E-state index is -0.518. The van der Waals surface area contributed by atoms with Crippen molar-refractivity contribution in [3.05, 3.63) is 28.5 Å². The molecule has 1 aromatic heterocycles. The molecular weight excluding hydrogens is 236 g/mol. The molecular formula is C12H16N2O2S. The summed E-state index contributed by atoms with van der Waals surface area (Å²) in [5, 5.41) is 7.18. The van der Waals surface area contributed by atoms with Gasteiger partial charge in [0.15, 0.2) is 0 Å². The molecule has 0 aliphatic carbocycles. The summed E-state index contributed by atoms with van der Waals surface area (Å²) in [7, 11) is 0. The summed E-state index contributed by atoms with van der Waals surface area (Å²) < 4.78 is 0. The number of likely N-dealkylation sites (N-methyl/N-ethyl adjacent to an activating group) is 1. The Balaban J connectivity index is 2.41. The van der Waals surface area contributed by atoms with Crippen LogP contribution < -0.4 is 10.6 Å². The van der Waals surface area contributed by atoms with Gasteiger partial charge in [-0.25, -0.2) is 0 Å². The second-order valence-corrected chi connectivity index (χ2v) is 4.45. The molecule has 92 valence electrons. The molecule has 17 heavy (non-hydrogen) atoms. The molecule has 0 saturated heterocycles. The standard InChI is InChI=1S/C12H16N2O2S/c1-3-13-12(16)9(2)14-11(15)7-6-10-5-4-8-17-10/h4-9H,3H2,1-2H3,(H,13,16)(H,14,15)/b7-6+. The fourth-order valence-corrected chi connectivity index (χ4v) is 1.82. The second kappa shape index (κ2) is 6.85. The van der Waals surface area contributed by atoms with Gasteiger partial charge in [0.25, 0.3) is 0 Å². The molecule has 0 aliphatic rings. The highest BCUT2D eigenvalue weighted by molar-refractivity contribution is 7.10. The molecule has 1 rings (SSSR count). The van der Waals surface area contributed by atoms with E-state index in [4.69, 9.17) is 0 Å². The fraction of sp³-hybridized carbons (Fsp3) is 0.333. The van der Waals surface area contributed by atoms with Crippen molar-refractivity contribution in [3.8, 4) is 0 Å². The topological polar surface area (TPSA) is 58.2 Å². The van der Waals surface area contributed by atoms with Gasteiger partial charge in [-0.05, 0) is 31.4 Å². The van der Waals surface area contributed by atoms with Gasteiger partial charge in [-0.1, -0.05) is 6.07 Å². The van der Waals surface area contributed by atoms with Crippen molar-refractivity contribution in [2.75, 3.05) is 6.54 Å². The monoisotopic (exact) mass is 252 g/mol. The van der Waals surface area contributed by atoms with Crippen LogP contribution in [0.3, 0.4) is 0 Å². The summed E-state index contributed by atoms with van der Waals surface area (Å²) in [5.41, 5.74) is 0. The Labute approximate surface area is 105 Å². The second-order valence-electron chi connectivity index (χ2n) is 3.47. The Morgan fingerprint density at radius 1 is 1.53 bits per heavy atom. The van der Waals surface area contributed by atoms with Gasteiger partial charge in [-0.15, -0.1) is 11.3 Å². The van der Waals surface area contributed by atoms with Crippen LogP contribution in [0.2, 0.25) is 0 Å². The Hall–Kier alpha value is -1.62. The van der Waals surface area contributed by atoms with Crippen molar-refractivity contribution in [1.29, 1.82) is 0 Å². The third kappa shape index (κ3) is 4.82. The van der Waals surface area contributed by atoms with Crippen molar-refractivity contribution in [2.45, 2.75) is 19.9 Å². The van der Waals surface area contributed by atoms with Crippen molar-refractivity contribution in [3.63, 3.8) is 0 Å². The molecule has 1 atom stereocenters. The molecule has 1 heterocycles. The van der Waals surface area contributed by atoms with E-state index < -0.39 is 6.04 Å². The van der Waals surface area contributed by atoms with Gasteiger partial charge in [0, 0.05) is 17.5 Å². The molecule has 0 spiro atoms. The van der Waals surface area contributed by atoms with E-state index in [0.29, 0.717) is 6.54 Å². The highest BCUT2D eigenvalue weighted by atomic mass is 32.1. The molecule has 1 unspecified atom stereocenters. The summed E-state index contributed by atoms with van der Waals surface area (Å²) in [6, 6.07) is 3.32. The minimum absolute atomic E-state index is 0.176. The SMILES string of the molecule is CCNC(=O)C(C)NC(=O)/C=C/c1cccs1. The number of hydrogen-bond acceptors (Lipinski definition) is 3. The third-order valence-electron chi connectivity index (χ3n) is 2.05. The van der Waals surface area contributed by atoms with Crippen LogP contribution in [0.25, 0.3) is 6.08 Å². The number of amides is 2. The highest BCUT2D eigenvalue weighted by Crippen LogP contribution is 2.09. The number of nitrogens with one attached hydrogen (secondary N) is 2. The average molecular weight is 252 g/mol. The predicted molar refractivity (Wildman–Crippen MR) is 69.6 cm³/mol. The molecule has 5 heteroatoms.